The zero-order valence-corrected chi connectivity index (χ0v) is 11.3. The van der Waals surface area contributed by atoms with Gasteiger partial charge in [-0.15, -0.1) is 0 Å². The third-order valence-corrected chi connectivity index (χ3v) is 3.14. The number of hydrogen-bond acceptors (Lipinski definition) is 2. The van der Waals surface area contributed by atoms with Gasteiger partial charge in [0.2, 0.25) is 0 Å². The van der Waals surface area contributed by atoms with Crippen molar-refractivity contribution in [2.75, 3.05) is 5.73 Å². The summed E-state index contributed by atoms with van der Waals surface area (Å²) in [5, 5.41) is 5.64. The van der Waals surface area contributed by atoms with Crippen molar-refractivity contribution in [3.05, 3.63) is 39.0 Å². The van der Waals surface area contributed by atoms with E-state index < -0.39 is 0 Å². The normalized spacial score (nSPS) is 10.8. The molecular formula is C11H10Cl3N3. The summed E-state index contributed by atoms with van der Waals surface area (Å²) in [5.41, 5.74) is 7.31. The van der Waals surface area contributed by atoms with Gasteiger partial charge >= 0.3 is 0 Å². The number of benzene rings is 1. The first-order valence-electron chi connectivity index (χ1n) is 5.02. The van der Waals surface area contributed by atoms with Gasteiger partial charge in [-0.3, -0.25) is 0 Å². The lowest BCUT2D eigenvalue weighted by atomic mass is 10.3. The number of nitrogens with two attached hydrogens (primary N) is 1. The van der Waals surface area contributed by atoms with Crippen molar-refractivity contribution >= 4 is 40.6 Å². The number of rotatable bonds is 2. The van der Waals surface area contributed by atoms with Crippen molar-refractivity contribution in [1.82, 2.24) is 9.78 Å². The molecule has 6 heteroatoms. The van der Waals surface area contributed by atoms with E-state index >= 15 is 0 Å². The highest BCUT2D eigenvalue weighted by molar-refractivity contribution is 6.40. The van der Waals surface area contributed by atoms with E-state index in [0.29, 0.717) is 26.6 Å². The first-order valence-corrected chi connectivity index (χ1v) is 6.15. The van der Waals surface area contributed by atoms with Gasteiger partial charge in [0.15, 0.2) is 0 Å². The van der Waals surface area contributed by atoms with Crippen LogP contribution in [0.15, 0.2) is 18.2 Å². The summed E-state index contributed by atoms with van der Waals surface area (Å²) in [6.07, 6.45) is 0.792. The van der Waals surface area contributed by atoms with Crippen LogP contribution in [0.5, 0.6) is 0 Å². The van der Waals surface area contributed by atoms with Gasteiger partial charge in [-0.05, 0) is 18.6 Å². The molecule has 1 heterocycles. The van der Waals surface area contributed by atoms with Gasteiger partial charge in [-0.1, -0.05) is 41.7 Å². The Morgan fingerprint density at radius 3 is 2.24 bits per heavy atom. The number of aryl methyl sites for hydroxylation is 1. The van der Waals surface area contributed by atoms with Crippen LogP contribution in [0.3, 0.4) is 0 Å². The number of nitrogen functional groups attached to an aromatic ring is 1. The van der Waals surface area contributed by atoms with E-state index in [0.717, 1.165) is 12.1 Å². The van der Waals surface area contributed by atoms with Crippen LogP contribution in [0.25, 0.3) is 5.69 Å². The van der Waals surface area contributed by atoms with Crippen molar-refractivity contribution in [1.29, 1.82) is 0 Å². The molecule has 0 bridgehead atoms. The van der Waals surface area contributed by atoms with Crippen LogP contribution in [0.2, 0.25) is 15.1 Å². The summed E-state index contributed by atoms with van der Waals surface area (Å²) in [6, 6.07) is 5.01. The van der Waals surface area contributed by atoms with E-state index in [2.05, 4.69) is 5.10 Å². The topological polar surface area (TPSA) is 43.8 Å². The second-order valence-electron chi connectivity index (χ2n) is 3.54. The van der Waals surface area contributed by atoms with Crippen LogP contribution in [0.1, 0.15) is 12.6 Å². The van der Waals surface area contributed by atoms with E-state index in [1.807, 2.05) is 6.92 Å². The molecule has 0 saturated carbocycles. The lowest BCUT2D eigenvalue weighted by molar-refractivity contribution is 0.849. The molecule has 2 N–H and O–H groups in total. The molecule has 0 aliphatic rings. The highest BCUT2D eigenvalue weighted by Crippen LogP contribution is 2.33. The van der Waals surface area contributed by atoms with Gasteiger partial charge in [0, 0.05) is 11.1 Å². The summed E-state index contributed by atoms with van der Waals surface area (Å²) in [6.45, 7) is 2.00. The maximum atomic E-state index is 6.11. The molecule has 2 rings (SSSR count). The van der Waals surface area contributed by atoms with Gasteiger partial charge in [-0.25, -0.2) is 4.68 Å². The zero-order chi connectivity index (χ0) is 12.6. The monoisotopic (exact) mass is 289 g/mol. The van der Waals surface area contributed by atoms with Gasteiger partial charge in [0.25, 0.3) is 0 Å². The summed E-state index contributed by atoms with van der Waals surface area (Å²) in [7, 11) is 0. The molecule has 2 aromatic rings. The average Bonchev–Trinajstić information content (AvgIpc) is 2.59. The molecule has 90 valence electrons. The molecule has 0 atom stereocenters. The Hall–Kier alpha value is -0.900. The van der Waals surface area contributed by atoms with Crippen LogP contribution < -0.4 is 5.73 Å². The predicted octanol–water partition coefficient (Wildman–Crippen LogP) is 3.98. The third kappa shape index (κ3) is 2.37. The summed E-state index contributed by atoms with van der Waals surface area (Å²) in [5.74, 6) is 0.493. The van der Waals surface area contributed by atoms with Crippen LogP contribution in [-0.4, -0.2) is 9.78 Å². The average molecular weight is 291 g/mol. The lowest BCUT2D eigenvalue weighted by Gasteiger charge is -2.09. The smallest absolute Gasteiger partial charge is 0.127 e. The Bertz CT molecular complexity index is 540. The Morgan fingerprint density at radius 2 is 1.76 bits per heavy atom. The molecule has 0 aliphatic heterocycles. The van der Waals surface area contributed by atoms with Gasteiger partial charge in [0.1, 0.15) is 11.5 Å². The Balaban J connectivity index is 2.63. The summed E-state index contributed by atoms with van der Waals surface area (Å²) in [4.78, 5) is 0. The summed E-state index contributed by atoms with van der Waals surface area (Å²) >= 11 is 18.1. The Kier molecular flexibility index (Phi) is 3.52. The Labute approximate surface area is 114 Å². The van der Waals surface area contributed by atoms with E-state index in [1.165, 1.54) is 4.68 Å². The van der Waals surface area contributed by atoms with Crippen molar-refractivity contribution < 1.29 is 0 Å². The first kappa shape index (κ1) is 12.6. The molecule has 0 spiro atoms. The van der Waals surface area contributed by atoms with Crippen molar-refractivity contribution in [2.45, 2.75) is 13.3 Å². The molecular weight excluding hydrogens is 281 g/mol. The molecule has 0 radical (unpaired) electrons. The maximum absolute atomic E-state index is 6.11. The fourth-order valence-corrected chi connectivity index (χ4v) is 2.51. The minimum absolute atomic E-state index is 0.417. The number of hydrogen-bond donors (Lipinski definition) is 1. The number of nitrogens with zero attached hydrogens (tertiary/aromatic N) is 2. The van der Waals surface area contributed by atoms with E-state index in [-0.39, 0.29) is 0 Å². The number of aromatic nitrogens is 2. The second kappa shape index (κ2) is 4.77. The lowest BCUT2D eigenvalue weighted by Crippen LogP contribution is -2.03. The molecule has 0 fully saturated rings. The SMILES string of the molecule is CCc1cc(N)n(-c2c(Cl)cc(Cl)cc2Cl)n1. The molecule has 1 aromatic carbocycles. The van der Waals surface area contributed by atoms with Crippen LogP contribution >= 0.6 is 34.8 Å². The predicted molar refractivity (Wildman–Crippen MR) is 72.4 cm³/mol. The van der Waals surface area contributed by atoms with E-state index in [9.17, 15) is 0 Å². The van der Waals surface area contributed by atoms with Crippen LogP contribution in [0.4, 0.5) is 5.82 Å². The fourth-order valence-electron chi connectivity index (χ4n) is 1.54. The molecule has 1 aromatic heterocycles. The molecule has 0 saturated heterocycles. The molecule has 17 heavy (non-hydrogen) atoms. The van der Waals surface area contributed by atoms with Crippen molar-refractivity contribution in [2.24, 2.45) is 0 Å². The molecule has 3 nitrogen and oxygen atoms in total. The van der Waals surface area contributed by atoms with Gasteiger partial charge < -0.3 is 5.73 Å². The van der Waals surface area contributed by atoms with Crippen molar-refractivity contribution in [3.63, 3.8) is 0 Å². The number of halogens is 3. The van der Waals surface area contributed by atoms with Crippen molar-refractivity contribution in [3.8, 4) is 5.69 Å². The molecule has 0 amide bonds. The first-order chi connectivity index (χ1) is 8.02. The molecule has 0 aliphatic carbocycles. The van der Waals surface area contributed by atoms with Crippen LogP contribution in [0, 0.1) is 0 Å². The van der Waals surface area contributed by atoms with E-state index in [1.54, 1.807) is 18.2 Å². The minimum atomic E-state index is 0.417. The van der Waals surface area contributed by atoms with Gasteiger partial charge in [0.05, 0.1) is 15.7 Å². The highest BCUT2D eigenvalue weighted by Gasteiger charge is 2.14. The van der Waals surface area contributed by atoms with E-state index in [4.69, 9.17) is 40.5 Å². The largest absolute Gasteiger partial charge is 0.384 e. The fraction of sp³-hybridized carbons (Fsp3) is 0.182. The Morgan fingerprint density at radius 1 is 1.18 bits per heavy atom. The van der Waals surface area contributed by atoms with Crippen LogP contribution in [-0.2, 0) is 6.42 Å². The molecule has 0 unspecified atom stereocenters. The highest BCUT2D eigenvalue weighted by atomic mass is 35.5. The third-order valence-electron chi connectivity index (χ3n) is 2.34. The van der Waals surface area contributed by atoms with Gasteiger partial charge in [-0.2, -0.15) is 5.10 Å². The standard InChI is InChI=1S/C11H10Cl3N3/c1-2-7-5-10(15)17(16-7)11-8(13)3-6(12)4-9(11)14/h3-5H,2,15H2,1H3. The second-order valence-corrected chi connectivity index (χ2v) is 4.79. The maximum Gasteiger partial charge on any atom is 0.127 e. The quantitative estimate of drug-likeness (QED) is 0.909. The zero-order valence-electron chi connectivity index (χ0n) is 9.04. The number of anilines is 1. The summed E-state index contributed by atoms with van der Waals surface area (Å²) < 4.78 is 1.53. The minimum Gasteiger partial charge on any atom is -0.384 e.